The highest BCUT2D eigenvalue weighted by Gasteiger charge is 2.09. The summed E-state index contributed by atoms with van der Waals surface area (Å²) in [6.45, 7) is 0. The van der Waals surface area contributed by atoms with Crippen LogP contribution in [0.15, 0.2) is 48.7 Å². The van der Waals surface area contributed by atoms with Crippen molar-refractivity contribution in [2.75, 3.05) is 5.32 Å². The molecule has 2 aromatic carbocycles. The fourth-order valence-electron chi connectivity index (χ4n) is 2.22. The Kier molecular flexibility index (Phi) is 3.39. The Balaban J connectivity index is 1.75. The number of aromatic amines is 1. The van der Waals surface area contributed by atoms with E-state index in [4.69, 9.17) is 0 Å². The normalized spacial score (nSPS) is 10.8. The Bertz CT molecular complexity index is 794. The van der Waals surface area contributed by atoms with Gasteiger partial charge in [-0.15, -0.1) is 0 Å². The Morgan fingerprint density at radius 1 is 1.05 bits per heavy atom. The molecule has 3 nitrogen and oxygen atoms in total. The summed E-state index contributed by atoms with van der Waals surface area (Å²) in [5.41, 5.74) is 1.97. The molecule has 0 aliphatic heterocycles. The number of nitrogens with one attached hydrogen (secondary N) is 2. The average Bonchev–Trinajstić information content (AvgIpc) is 2.83. The van der Waals surface area contributed by atoms with E-state index in [9.17, 15) is 13.6 Å². The zero-order valence-corrected chi connectivity index (χ0v) is 11.0. The standard InChI is InChI=1S/C16H12F2N2O/c17-11-1-4-13(5-2-11)20-16(21)7-10-9-19-15-8-12(18)3-6-14(10)15/h1-6,8-9,19H,7H2,(H,20,21). The number of H-pyrrole nitrogens is 1. The van der Waals surface area contributed by atoms with Gasteiger partial charge in [-0.25, -0.2) is 8.78 Å². The molecule has 3 rings (SSSR count). The lowest BCUT2D eigenvalue weighted by molar-refractivity contribution is -0.115. The molecule has 1 aromatic heterocycles. The van der Waals surface area contributed by atoms with E-state index in [-0.39, 0.29) is 24.0 Å². The molecule has 5 heteroatoms. The molecule has 0 fully saturated rings. The van der Waals surface area contributed by atoms with Crippen LogP contribution in [0, 0.1) is 11.6 Å². The van der Waals surface area contributed by atoms with E-state index in [0.717, 1.165) is 10.9 Å². The summed E-state index contributed by atoms with van der Waals surface area (Å²) >= 11 is 0. The number of fused-ring (bicyclic) bond motifs is 1. The van der Waals surface area contributed by atoms with Gasteiger partial charge < -0.3 is 10.3 Å². The van der Waals surface area contributed by atoms with Crippen molar-refractivity contribution in [3.05, 3.63) is 65.9 Å². The number of halogens is 2. The lowest BCUT2D eigenvalue weighted by atomic mass is 10.1. The van der Waals surface area contributed by atoms with Crippen LogP contribution in [0.25, 0.3) is 10.9 Å². The van der Waals surface area contributed by atoms with Gasteiger partial charge in [-0.05, 0) is 48.0 Å². The molecule has 2 N–H and O–H groups in total. The van der Waals surface area contributed by atoms with E-state index in [1.807, 2.05) is 0 Å². The molecular formula is C16H12F2N2O. The minimum Gasteiger partial charge on any atom is -0.361 e. The highest BCUT2D eigenvalue weighted by Crippen LogP contribution is 2.20. The molecule has 0 atom stereocenters. The maximum absolute atomic E-state index is 13.1. The fraction of sp³-hybridized carbons (Fsp3) is 0.0625. The average molecular weight is 286 g/mol. The van der Waals surface area contributed by atoms with Gasteiger partial charge in [0, 0.05) is 22.8 Å². The summed E-state index contributed by atoms with van der Waals surface area (Å²) in [6.07, 6.45) is 1.84. The van der Waals surface area contributed by atoms with Crippen molar-refractivity contribution in [2.45, 2.75) is 6.42 Å². The van der Waals surface area contributed by atoms with E-state index >= 15 is 0 Å². The van der Waals surface area contributed by atoms with Crippen LogP contribution in [0.5, 0.6) is 0 Å². The van der Waals surface area contributed by atoms with Crippen molar-refractivity contribution in [3.8, 4) is 0 Å². The quantitative estimate of drug-likeness (QED) is 0.758. The molecule has 0 unspecified atom stereocenters. The van der Waals surface area contributed by atoms with Gasteiger partial charge in [-0.1, -0.05) is 0 Å². The lowest BCUT2D eigenvalue weighted by Crippen LogP contribution is -2.14. The number of anilines is 1. The maximum atomic E-state index is 13.1. The van der Waals surface area contributed by atoms with Crippen LogP contribution in [-0.4, -0.2) is 10.9 Å². The molecule has 0 saturated heterocycles. The highest BCUT2D eigenvalue weighted by molar-refractivity contribution is 5.95. The number of hydrogen-bond acceptors (Lipinski definition) is 1. The Morgan fingerprint density at radius 2 is 1.76 bits per heavy atom. The molecule has 3 aromatic rings. The third kappa shape index (κ3) is 2.91. The summed E-state index contributed by atoms with van der Waals surface area (Å²) in [4.78, 5) is 14.9. The first-order valence-corrected chi connectivity index (χ1v) is 6.43. The molecule has 0 bridgehead atoms. The van der Waals surface area contributed by atoms with Gasteiger partial charge in [0.25, 0.3) is 0 Å². The second-order valence-corrected chi connectivity index (χ2v) is 4.74. The van der Waals surface area contributed by atoms with Crippen LogP contribution in [-0.2, 0) is 11.2 Å². The van der Waals surface area contributed by atoms with Crippen molar-refractivity contribution in [3.63, 3.8) is 0 Å². The smallest absolute Gasteiger partial charge is 0.228 e. The zero-order chi connectivity index (χ0) is 14.8. The topological polar surface area (TPSA) is 44.9 Å². The minimum absolute atomic E-state index is 0.156. The van der Waals surface area contributed by atoms with Crippen LogP contribution in [0.2, 0.25) is 0 Å². The van der Waals surface area contributed by atoms with E-state index < -0.39 is 0 Å². The Hall–Kier alpha value is -2.69. The molecule has 0 spiro atoms. The molecule has 106 valence electrons. The molecule has 1 amide bonds. The van der Waals surface area contributed by atoms with Gasteiger partial charge in [0.2, 0.25) is 5.91 Å². The zero-order valence-electron chi connectivity index (χ0n) is 11.0. The maximum Gasteiger partial charge on any atom is 0.228 e. The van der Waals surface area contributed by atoms with Gasteiger partial charge >= 0.3 is 0 Å². The van der Waals surface area contributed by atoms with E-state index in [1.165, 1.54) is 36.4 Å². The van der Waals surface area contributed by atoms with Gasteiger partial charge in [0.15, 0.2) is 0 Å². The van der Waals surface area contributed by atoms with E-state index in [2.05, 4.69) is 10.3 Å². The Labute approximate surface area is 119 Å². The first-order valence-electron chi connectivity index (χ1n) is 6.43. The third-order valence-electron chi connectivity index (χ3n) is 3.21. The predicted octanol–water partition coefficient (Wildman–Crippen LogP) is 3.63. The lowest BCUT2D eigenvalue weighted by Gasteiger charge is -2.04. The number of carbonyl (C=O) groups excluding carboxylic acids is 1. The summed E-state index contributed by atoms with van der Waals surface area (Å²) in [7, 11) is 0. The van der Waals surface area contributed by atoms with Crippen molar-refractivity contribution >= 4 is 22.5 Å². The number of aromatic nitrogens is 1. The van der Waals surface area contributed by atoms with Crippen molar-refractivity contribution < 1.29 is 13.6 Å². The minimum atomic E-state index is -0.355. The summed E-state index contributed by atoms with van der Waals surface area (Å²) < 4.78 is 25.9. The highest BCUT2D eigenvalue weighted by atomic mass is 19.1. The molecule has 0 aliphatic carbocycles. The van der Waals surface area contributed by atoms with Crippen LogP contribution in [0.3, 0.4) is 0 Å². The molecule has 0 radical (unpaired) electrons. The molecule has 0 saturated carbocycles. The number of carbonyl (C=O) groups is 1. The molecular weight excluding hydrogens is 274 g/mol. The summed E-state index contributed by atoms with van der Waals surface area (Å²) in [6, 6.07) is 9.94. The van der Waals surface area contributed by atoms with E-state index in [1.54, 1.807) is 12.3 Å². The van der Waals surface area contributed by atoms with Gasteiger partial charge in [0.1, 0.15) is 11.6 Å². The van der Waals surface area contributed by atoms with Gasteiger partial charge in [0.05, 0.1) is 6.42 Å². The summed E-state index contributed by atoms with van der Waals surface area (Å²) in [5.74, 6) is -0.898. The van der Waals surface area contributed by atoms with Gasteiger partial charge in [-0.3, -0.25) is 4.79 Å². The second-order valence-electron chi connectivity index (χ2n) is 4.74. The molecule has 21 heavy (non-hydrogen) atoms. The molecule has 1 heterocycles. The molecule has 0 aliphatic rings. The monoisotopic (exact) mass is 286 g/mol. The van der Waals surface area contributed by atoms with Crippen LogP contribution >= 0.6 is 0 Å². The summed E-state index contributed by atoms with van der Waals surface area (Å²) in [5, 5.41) is 3.50. The Morgan fingerprint density at radius 3 is 2.52 bits per heavy atom. The second kappa shape index (κ2) is 5.36. The largest absolute Gasteiger partial charge is 0.361 e. The van der Waals surface area contributed by atoms with Crippen molar-refractivity contribution in [1.29, 1.82) is 0 Å². The van der Waals surface area contributed by atoms with Crippen molar-refractivity contribution in [1.82, 2.24) is 4.98 Å². The van der Waals surface area contributed by atoms with Crippen molar-refractivity contribution in [2.24, 2.45) is 0 Å². The number of rotatable bonds is 3. The number of benzene rings is 2. The van der Waals surface area contributed by atoms with Crippen LogP contribution in [0.1, 0.15) is 5.56 Å². The third-order valence-corrected chi connectivity index (χ3v) is 3.21. The van der Waals surface area contributed by atoms with Crippen LogP contribution in [0.4, 0.5) is 14.5 Å². The van der Waals surface area contributed by atoms with E-state index in [0.29, 0.717) is 11.2 Å². The first kappa shape index (κ1) is 13.3. The van der Waals surface area contributed by atoms with Gasteiger partial charge in [-0.2, -0.15) is 0 Å². The fourth-order valence-corrected chi connectivity index (χ4v) is 2.22. The number of hydrogen-bond donors (Lipinski definition) is 2. The number of amides is 1. The van der Waals surface area contributed by atoms with Crippen LogP contribution < -0.4 is 5.32 Å². The first-order chi connectivity index (χ1) is 10.1. The predicted molar refractivity (Wildman–Crippen MR) is 77.0 cm³/mol. The SMILES string of the molecule is O=C(Cc1c[nH]c2cc(F)ccc12)Nc1ccc(F)cc1.